The number of amides is 1. The normalized spacial score (nSPS) is 11.6. The summed E-state index contributed by atoms with van der Waals surface area (Å²) in [5.74, 6) is 1.31. The molecule has 0 aliphatic carbocycles. The number of rotatable bonds is 11. The highest BCUT2D eigenvalue weighted by Gasteiger charge is 2.24. The van der Waals surface area contributed by atoms with E-state index < -0.39 is 10.0 Å². The van der Waals surface area contributed by atoms with E-state index in [4.69, 9.17) is 9.72 Å². The molecule has 0 aliphatic rings. The van der Waals surface area contributed by atoms with E-state index in [9.17, 15) is 13.2 Å². The predicted octanol–water partition coefficient (Wildman–Crippen LogP) is 2.24. The van der Waals surface area contributed by atoms with Crippen molar-refractivity contribution in [2.24, 2.45) is 0 Å². The van der Waals surface area contributed by atoms with Crippen molar-refractivity contribution in [3.63, 3.8) is 0 Å². The van der Waals surface area contributed by atoms with Crippen molar-refractivity contribution in [3.8, 4) is 11.6 Å². The monoisotopic (exact) mass is 564 g/mol. The highest BCUT2D eigenvalue weighted by Crippen LogP contribution is 2.34. The van der Waals surface area contributed by atoms with Gasteiger partial charge in [0.25, 0.3) is 6.33 Å². The maximum atomic E-state index is 12.4. The first-order valence-corrected chi connectivity index (χ1v) is 14.4. The van der Waals surface area contributed by atoms with E-state index >= 15 is 0 Å². The molecular formula is C28H34N7O4S+. The molecular weight excluding hydrogens is 530 g/mol. The Morgan fingerprint density at radius 1 is 1.18 bits per heavy atom. The molecule has 210 valence electrons. The Kier molecular flexibility index (Phi) is 8.50. The zero-order valence-electron chi connectivity index (χ0n) is 23.3. The maximum Gasteiger partial charge on any atom is 0.302 e. The van der Waals surface area contributed by atoms with Crippen LogP contribution in [0.5, 0.6) is 5.75 Å². The van der Waals surface area contributed by atoms with Crippen molar-refractivity contribution in [1.82, 2.24) is 19.4 Å². The lowest BCUT2D eigenvalue weighted by Crippen LogP contribution is -2.40. The molecule has 12 heteroatoms. The van der Waals surface area contributed by atoms with Gasteiger partial charge in [0, 0.05) is 50.5 Å². The first-order chi connectivity index (χ1) is 19.0. The van der Waals surface area contributed by atoms with E-state index in [1.54, 1.807) is 36.1 Å². The van der Waals surface area contributed by atoms with Crippen LogP contribution < -0.4 is 18.9 Å². The van der Waals surface area contributed by atoms with E-state index in [2.05, 4.69) is 26.7 Å². The maximum absolute atomic E-state index is 12.4. The second-order valence-corrected chi connectivity index (χ2v) is 11.5. The fourth-order valence-corrected chi connectivity index (χ4v) is 5.10. The number of nitrogens with one attached hydrogen (secondary N) is 1. The molecule has 2 heterocycles. The van der Waals surface area contributed by atoms with Crippen LogP contribution in [0.3, 0.4) is 0 Å². The van der Waals surface area contributed by atoms with Gasteiger partial charge in [-0.15, -0.1) is 3.97 Å². The number of benzene rings is 2. The summed E-state index contributed by atoms with van der Waals surface area (Å²) in [6.45, 7) is 5.13. The standard InChI is InChI=1S/C28H33N7O4S/c1-7-28(36)30-21-16-20(25(39-5)18-24(21)33(4)15-14-32(2)3)17-26-29-13-12-27(31-26)34-19-35(40(6,37)38)23-11-9-8-10-22(23)34/h7-13,16,18-19H,1,14-15,17H2,2-6H3/p+1. The number of hydrogen-bond acceptors (Lipinski definition) is 8. The summed E-state index contributed by atoms with van der Waals surface area (Å²) in [5, 5.41) is 2.91. The molecule has 11 nitrogen and oxygen atoms in total. The molecule has 0 bridgehead atoms. The fraction of sp³-hybridized carbons (Fsp3) is 0.286. The summed E-state index contributed by atoms with van der Waals surface area (Å²) in [6.07, 6.45) is 5.83. The van der Waals surface area contributed by atoms with Gasteiger partial charge < -0.3 is 19.9 Å². The molecule has 2 aromatic carbocycles. The van der Waals surface area contributed by atoms with Crippen LogP contribution in [0, 0.1) is 0 Å². The summed E-state index contributed by atoms with van der Waals surface area (Å²) < 4.78 is 33.5. The molecule has 0 saturated heterocycles. The van der Waals surface area contributed by atoms with Crippen LogP contribution in [0.15, 0.2) is 67.6 Å². The molecule has 0 aliphatic heterocycles. The molecule has 0 fully saturated rings. The number of para-hydroxylation sites is 2. The van der Waals surface area contributed by atoms with E-state index in [-0.39, 0.29) is 5.91 Å². The van der Waals surface area contributed by atoms with Crippen LogP contribution >= 0.6 is 0 Å². The number of fused-ring (bicyclic) bond motifs is 1. The molecule has 0 saturated carbocycles. The molecule has 4 rings (SSSR count). The third kappa shape index (κ3) is 6.29. The SMILES string of the molecule is C=CC(=O)Nc1cc(Cc2nccc(-n3c[n+](S(C)(=O)=O)c4ccccc43)n2)c(OC)cc1N(C)CCN(C)C. The van der Waals surface area contributed by atoms with Crippen LogP contribution in [-0.2, 0) is 21.2 Å². The van der Waals surface area contributed by atoms with Gasteiger partial charge in [-0.2, -0.15) is 18.0 Å². The smallest absolute Gasteiger partial charge is 0.302 e. The summed E-state index contributed by atoms with van der Waals surface area (Å²) in [5.41, 5.74) is 3.42. The van der Waals surface area contributed by atoms with Gasteiger partial charge in [0.05, 0.1) is 24.7 Å². The predicted molar refractivity (Wildman–Crippen MR) is 156 cm³/mol. The lowest BCUT2D eigenvalue weighted by molar-refractivity contribution is -0.480. The molecule has 2 aromatic heterocycles. The van der Waals surface area contributed by atoms with Crippen molar-refractivity contribution in [2.45, 2.75) is 6.42 Å². The number of hydrogen-bond donors (Lipinski definition) is 1. The first kappa shape index (κ1) is 28.7. The van der Waals surface area contributed by atoms with Gasteiger partial charge in [0.1, 0.15) is 11.6 Å². The van der Waals surface area contributed by atoms with Crippen LogP contribution in [0.2, 0.25) is 0 Å². The number of likely N-dealkylation sites (N-methyl/N-ethyl adjacent to an activating group) is 2. The van der Waals surface area contributed by atoms with Crippen molar-refractivity contribution in [2.75, 3.05) is 57.8 Å². The molecule has 1 N–H and O–H groups in total. The van der Waals surface area contributed by atoms with Gasteiger partial charge in [-0.05, 0) is 38.4 Å². The van der Waals surface area contributed by atoms with Gasteiger partial charge >= 0.3 is 10.0 Å². The highest BCUT2D eigenvalue weighted by molar-refractivity contribution is 7.84. The number of nitrogens with zero attached hydrogens (tertiary/aromatic N) is 6. The number of ether oxygens (including phenoxy) is 1. The Balaban J connectivity index is 1.75. The van der Waals surface area contributed by atoms with E-state index in [0.29, 0.717) is 40.5 Å². The summed E-state index contributed by atoms with van der Waals surface area (Å²) >= 11 is 0. The molecule has 0 radical (unpaired) electrons. The average Bonchev–Trinajstić information content (AvgIpc) is 3.32. The van der Waals surface area contributed by atoms with Crippen LogP contribution in [-0.4, -0.2) is 81.4 Å². The van der Waals surface area contributed by atoms with E-state index in [1.807, 2.05) is 45.4 Å². The summed E-state index contributed by atoms with van der Waals surface area (Å²) in [4.78, 5) is 25.6. The van der Waals surface area contributed by atoms with Gasteiger partial charge in [0.2, 0.25) is 11.7 Å². The molecule has 0 spiro atoms. The minimum absolute atomic E-state index is 0.306. The Bertz CT molecular complexity index is 1660. The molecule has 40 heavy (non-hydrogen) atoms. The van der Waals surface area contributed by atoms with Gasteiger partial charge in [-0.3, -0.25) is 4.79 Å². The van der Waals surface area contributed by atoms with Crippen LogP contribution in [0.4, 0.5) is 11.4 Å². The quantitative estimate of drug-likeness (QED) is 0.218. The number of anilines is 2. The van der Waals surface area contributed by atoms with Crippen LogP contribution in [0.25, 0.3) is 16.9 Å². The third-order valence-corrected chi connectivity index (χ3v) is 7.38. The van der Waals surface area contributed by atoms with E-state index in [0.717, 1.165) is 30.6 Å². The van der Waals surface area contributed by atoms with Crippen molar-refractivity contribution >= 4 is 38.3 Å². The number of aromatic nitrogens is 4. The second kappa shape index (κ2) is 11.8. The van der Waals surface area contributed by atoms with Gasteiger partial charge in [-0.25, -0.2) is 4.98 Å². The van der Waals surface area contributed by atoms with Gasteiger partial charge in [0.15, 0.2) is 11.0 Å². The molecule has 0 atom stereocenters. The summed E-state index contributed by atoms with van der Waals surface area (Å²) in [7, 11) is 4.02. The fourth-order valence-electron chi connectivity index (χ4n) is 4.32. The van der Waals surface area contributed by atoms with Gasteiger partial charge in [-0.1, -0.05) is 18.7 Å². The zero-order chi connectivity index (χ0) is 29.0. The Morgan fingerprint density at radius 3 is 2.60 bits per heavy atom. The zero-order valence-corrected chi connectivity index (χ0v) is 24.1. The number of carbonyl (C=O) groups is 1. The highest BCUT2D eigenvalue weighted by atomic mass is 32.2. The Hall–Kier alpha value is -4.29. The molecule has 0 unspecified atom stereocenters. The minimum atomic E-state index is -3.53. The average molecular weight is 565 g/mol. The van der Waals surface area contributed by atoms with Crippen molar-refractivity contribution in [1.29, 1.82) is 0 Å². The molecule has 1 amide bonds. The lowest BCUT2D eigenvalue weighted by Gasteiger charge is -2.25. The largest absolute Gasteiger partial charge is 0.496 e. The van der Waals surface area contributed by atoms with E-state index in [1.165, 1.54) is 16.4 Å². The molecule has 4 aromatic rings. The van der Waals surface area contributed by atoms with Crippen molar-refractivity contribution in [3.05, 3.63) is 79.0 Å². The Morgan fingerprint density at radius 2 is 1.93 bits per heavy atom. The van der Waals surface area contributed by atoms with Crippen LogP contribution in [0.1, 0.15) is 11.4 Å². The number of imidazole rings is 1. The lowest BCUT2D eigenvalue weighted by atomic mass is 10.1. The topological polar surface area (TPSA) is 114 Å². The Labute approximate surface area is 234 Å². The number of methoxy groups -OCH3 is 1. The third-order valence-electron chi connectivity index (χ3n) is 6.38. The minimum Gasteiger partial charge on any atom is -0.496 e. The first-order valence-electron chi connectivity index (χ1n) is 12.6. The number of carbonyl (C=O) groups excluding carboxylic acids is 1. The summed E-state index contributed by atoms with van der Waals surface area (Å²) in [6, 6.07) is 12.7. The second-order valence-electron chi connectivity index (χ2n) is 9.64. The van der Waals surface area contributed by atoms with Crippen molar-refractivity contribution < 1.29 is 21.9 Å².